The first kappa shape index (κ1) is 17.2. The van der Waals surface area contributed by atoms with Crippen molar-refractivity contribution in [3.05, 3.63) is 63.2 Å². The van der Waals surface area contributed by atoms with Gasteiger partial charge in [-0.05, 0) is 30.3 Å². The predicted molar refractivity (Wildman–Crippen MR) is 85.6 cm³/mol. The van der Waals surface area contributed by atoms with E-state index in [1.54, 1.807) is 0 Å². The summed E-state index contributed by atoms with van der Waals surface area (Å²) in [4.78, 5) is 32.7. The van der Waals surface area contributed by atoms with Crippen molar-refractivity contribution >= 4 is 34.9 Å². The fourth-order valence-electron chi connectivity index (χ4n) is 1.75. The van der Waals surface area contributed by atoms with Crippen LogP contribution in [0.25, 0.3) is 0 Å². The van der Waals surface area contributed by atoms with Crippen LogP contribution in [0.15, 0.2) is 42.5 Å². The molecule has 0 unspecified atom stereocenters. The zero-order chi connectivity index (χ0) is 17.7. The van der Waals surface area contributed by atoms with Crippen LogP contribution in [0.3, 0.4) is 0 Å². The van der Waals surface area contributed by atoms with Crippen molar-refractivity contribution in [2.24, 2.45) is 0 Å². The van der Waals surface area contributed by atoms with Gasteiger partial charge < -0.3 is 15.2 Å². The number of amides is 1. The van der Waals surface area contributed by atoms with Crippen LogP contribution in [0.4, 0.5) is 11.4 Å². The third kappa shape index (κ3) is 4.43. The molecule has 24 heavy (non-hydrogen) atoms. The largest absolute Gasteiger partial charge is 0.484 e. The lowest BCUT2D eigenvalue weighted by Gasteiger charge is -2.09. The van der Waals surface area contributed by atoms with Crippen molar-refractivity contribution in [1.29, 1.82) is 0 Å². The average molecular weight is 351 g/mol. The molecule has 9 heteroatoms. The molecule has 0 radical (unpaired) electrons. The Kier molecular flexibility index (Phi) is 5.33. The highest BCUT2D eigenvalue weighted by Gasteiger charge is 2.11. The Morgan fingerprint density at radius 3 is 2.46 bits per heavy atom. The van der Waals surface area contributed by atoms with Crippen LogP contribution in [-0.2, 0) is 4.79 Å². The molecule has 2 rings (SSSR count). The van der Waals surface area contributed by atoms with E-state index in [4.69, 9.17) is 21.4 Å². The predicted octanol–water partition coefficient (Wildman–Crippen LogP) is 2.96. The maximum Gasteiger partial charge on any atom is 0.335 e. The summed E-state index contributed by atoms with van der Waals surface area (Å²) in [5, 5.41) is 22.1. The van der Waals surface area contributed by atoms with Crippen LogP contribution in [0, 0.1) is 10.1 Å². The summed E-state index contributed by atoms with van der Waals surface area (Å²) in [5.41, 5.74) is 0.0314. The number of ether oxygens (including phenoxy) is 1. The van der Waals surface area contributed by atoms with Gasteiger partial charge in [0.15, 0.2) is 6.61 Å². The van der Waals surface area contributed by atoms with Gasteiger partial charge >= 0.3 is 5.97 Å². The number of carboxylic acid groups (broad SMARTS) is 1. The monoisotopic (exact) mass is 350 g/mol. The molecule has 0 aliphatic rings. The summed E-state index contributed by atoms with van der Waals surface area (Å²) in [6.07, 6.45) is 0. The lowest BCUT2D eigenvalue weighted by molar-refractivity contribution is -0.384. The lowest BCUT2D eigenvalue weighted by Crippen LogP contribution is -2.20. The molecule has 2 aromatic rings. The van der Waals surface area contributed by atoms with Crippen LogP contribution in [0.2, 0.25) is 5.02 Å². The van der Waals surface area contributed by atoms with Gasteiger partial charge in [0.25, 0.3) is 11.6 Å². The number of anilines is 1. The van der Waals surface area contributed by atoms with E-state index in [1.165, 1.54) is 42.5 Å². The number of nitrogens with zero attached hydrogens (tertiary/aromatic N) is 1. The Labute approximate surface area is 140 Å². The van der Waals surface area contributed by atoms with Gasteiger partial charge in [0.1, 0.15) is 5.75 Å². The molecule has 0 heterocycles. The molecule has 124 valence electrons. The number of non-ortho nitro benzene ring substituents is 1. The second-order valence-electron chi connectivity index (χ2n) is 4.59. The lowest BCUT2D eigenvalue weighted by atomic mass is 10.2. The highest BCUT2D eigenvalue weighted by Crippen LogP contribution is 2.23. The number of carbonyl (C=O) groups is 2. The van der Waals surface area contributed by atoms with E-state index in [0.29, 0.717) is 0 Å². The molecular weight excluding hydrogens is 340 g/mol. The van der Waals surface area contributed by atoms with Crippen molar-refractivity contribution in [3.8, 4) is 5.75 Å². The number of halogens is 1. The molecule has 0 spiro atoms. The normalized spacial score (nSPS) is 10.0. The molecule has 0 aliphatic heterocycles. The van der Waals surface area contributed by atoms with E-state index in [-0.39, 0.29) is 34.3 Å². The SMILES string of the molecule is O=C(COc1ccc([N+](=O)[O-])cc1)Nc1cc(C(=O)O)ccc1Cl. The molecule has 8 nitrogen and oxygen atoms in total. The highest BCUT2D eigenvalue weighted by atomic mass is 35.5. The number of nitrogens with one attached hydrogen (secondary N) is 1. The number of nitro benzene ring substituents is 1. The average Bonchev–Trinajstić information content (AvgIpc) is 2.55. The first-order valence-electron chi connectivity index (χ1n) is 6.57. The Balaban J connectivity index is 1.97. The molecule has 0 saturated carbocycles. The van der Waals surface area contributed by atoms with Crippen molar-refractivity contribution in [2.75, 3.05) is 11.9 Å². The molecule has 0 aliphatic carbocycles. The number of carbonyl (C=O) groups excluding carboxylic acids is 1. The minimum Gasteiger partial charge on any atom is -0.484 e. The Bertz CT molecular complexity index is 791. The standard InChI is InChI=1S/C15H11ClN2O6/c16-12-6-1-9(15(20)21)7-13(12)17-14(19)8-24-11-4-2-10(3-5-11)18(22)23/h1-7H,8H2,(H,17,19)(H,20,21). The molecule has 0 fully saturated rings. The third-order valence-electron chi connectivity index (χ3n) is 2.90. The quantitative estimate of drug-likeness (QED) is 0.610. The number of rotatable bonds is 6. The molecule has 1 amide bonds. The Hall–Kier alpha value is -3.13. The topological polar surface area (TPSA) is 119 Å². The summed E-state index contributed by atoms with van der Waals surface area (Å²) in [5.74, 6) is -1.43. The number of benzene rings is 2. The summed E-state index contributed by atoms with van der Waals surface area (Å²) < 4.78 is 5.20. The maximum atomic E-state index is 11.8. The second kappa shape index (κ2) is 7.42. The molecule has 0 atom stereocenters. The van der Waals surface area contributed by atoms with E-state index >= 15 is 0 Å². The van der Waals surface area contributed by atoms with E-state index < -0.39 is 16.8 Å². The maximum absolute atomic E-state index is 11.8. The minimum atomic E-state index is -1.15. The molecule has 0 bridgehead atoms. The first-order chi connectivity index (χ1) is 11.4. The van der Waals surface area contributed by atoms with Gasteiger partial charge in [-0.25, -0.2) is 4.79 Å². The number of hydrogen-bond acceptors (Lipinski definition) is 5. The van der Waals surface area contributed by atoms with Crippen LogP contribution >= 0.6 is 11.6 Å². The van der Waals surface area contributed by atoms with Crippen LogP contribution in [-0.4, -0.2) is 28.5 Å². The van der Waals surface area contributed by atoms with Gasteiger partial charge in [-0.3, -0.25) is 14.9 Å². The van der Waals surface area contributed by atoms with E-state index in [9.17, 15) is 19.7 Å². The molecule has 2 N–H and O–H groups in total. The van der Waals surface area contributed by atoms with Gasteiger partial charge in [-0.15, -0.1) is 0 Å². The van der Waals surface area contributed by atoms with Crippen LogP contribution in [0.5, 0.6) is 5.75 Å². The van der Waals surface area contributed by atoms with Gasteiger partial charge in [-0.1, -0.05) is 11.6 Å². The van der Waals surface area contributed by atoms with E-state index in [0.717, 1.165) is 0 Å². The van der Waals surface area contributed by atoms with Crippen molar-refractivity contribution in [3.63, 3.8) is 0 Å². The third-order valence-corrected chi connectivity index (χ3v) is 3.23. The van der Waals surface area contributed by atoms with Crippen molar-refractivity contribution in [1.82, 2.24) is 0 Å². The summed E-state index contributed by atoms with van der Waals surface area (Å²) in [6.45, 7) is -0.370. The van der Waals surface area contributed by atoms with Gasteiger partial charge in [0.2, 0.25) is 0 Å². The molecular formula is C15H11ClN2O6. The zero-order valence-corrected chi connectivity index (χ0v) is 12.8. The van der Waals surface area contributed by atoms with Gasteiger partial charge in [0.05, 0.1) is 21.2 Å². The molecule has 0 aromatic heterocycles. The number of aromatic carboxylic acids is 1. The summed E-state index contributed by atoms with van der Waals surface area (Å²) in [7, 11) is 0. The fourth-order valence-corrected chi connectivity index (χ4v) is 1.92. The number of carboxylic acids is 1. The second-order valence-corrected chi connectivity index (χ2v) is 4.99. The van der Waals surface area contributed by atoms with E-state index in [1.807, 2.05) is 0 Å². The van der Waals surface area contributed by atoms with Crippen molar-refractivity contribution in [2.45, 2.75) is 0 Å². The van der Waals surface area contributed by atoms with Gasteiger partial charge in [-0.2, -0.15) is 0 Å². The smallest absolute Gasteiger partial charge is 0.335 e. The van der Waals surface area contributed by atoms with E-state index in [2.05, 4.69) is 5.32 Å². The number of nitro groups is 1. The van der Waals surface area contributed by atoms with Crippen LogP contribution < -0.4 is 10.1 Å². The summed E-state index contributed by atoms with van der Waals surface area (Å²) >= 11 is 5.90. The summed E-state index contributed by atoms with van der Waals surface area (Å²) in [6, 6.07) is 9.13. The number of hydrogen-bond donors (Lipinski definition) is 2. The van der Waals surface area contributed by atoms with Crippen molar-refractivity contribution < 1.29 is 24.4 Å². The Morgan fingerprint density at radius 1 is 1.21 bits per heavy atom. The minimum absolute atomic E-state index is 0.0222. The molecule has 0 saturated heterocycles. The fraction of sp³-hybridized carbons (Fsp3) is 0.0667. The first-order valence-corrected chi connectivity index (χ1v) is 6.94. The van der Waals surface area contributed by atoms with Crippen LogP contribution in [0.1, 0.15) is 10.4 Å². The zero-order valence-electron chi connectivity index (χ0n) is 12.1. The highest BCUT2D eigenvalue weighted by molar-refractivity contribution is 6.33. The molecule has 2 aromatic carbocycles. The van der Waals surface area contributed by atoms with Gasteiger partial charge in [0, 0.05) is 12.1 Å². The Morgan fingerprint density at radius 2 is 1.88 bits per heavy atom.